The lowest BCUT2D eigenvalue weighted by Gasteiger charge is -2.28. The van der Waals surface area contributed by atoms with Crippen LogP contribution in [0.5, 0.6) is 0 Å². The van der Waals surface area contributed by atoms with Crippen molar-refractivity contribution < 1.29 is 18.7 Å². The Morgan fingerprint density at radius 2 is 1.96 bits per heavy atom. The summed E-state index contributed by atoms with van der Waals surface area (Å²) in [5.74, 6) is -1.32. The van der Waals surface area contributed by atoms with Crippen LogP contribution >= 0.6 is 0 Å². The Morgan fingerprint density at radius 3 is 2.54 bits per heavy atom. The Morgan fingerprint density at radius 1 is 1.29 bits per heavy atom. The van der Waals surface area contributed by atoms with E-state index in [2.05, 4.69) is 11.4 Å². The Balaban J connectivity index is 2.05. The van der Waals surface area contributed by atoms with E-state index in [1.54, 1.807) is 25.1 Å². The van der Waals surface area contributed by atoms with Gasteiger partial charge in [0.05, 0.1) is 6.07 Å². The van der Waals surface area contributed by atoms with E-state index in [4.69, 9.17) is 9.15 Å². The highest BCUT2D eigenvalue weighted by molar-refractivity contribution is 5.94. The lowest BCUT2D eigenvalue weighted by atomic mass is 9.90. The molecule has 0 fully saturated rings. The Bertz CT molecular complexity index is 770. The van der Waals surface area contributed by atoms with Gasteiger partial charge in [0.25, 0.3) is 5.91 Å². The van der Waals surface area contributed by atoms with Gasteiger partial charge in [-0.1, -0.05) is 32.0 Å². The maximum absolute atomic E-state index is 12.2. The van der Waals surface area contributed by atoms with Crippen molar-refractivity contribution >= 4 is 22.8 Å². The number of hydrogen-bond acceptors (Lipinski definition) is 5. The predicted octanol–water partition coefficient (Wildman–Crippen LogP) is 3.03. The Kier molecular flexibility index (Phi) is 4.93. The highest BCUT2D eigenvalue weighted by Crippen LogP contribution is 2.20. The summed E-state index contributed by atoms with van der Waals surface area (Å²) in [6.45, 7) is 6.74. The predicted molar refractivity (Wildman–Crippen MR) is 88.1 cm³/mol. The molecule has 0 unspecified atom stereocenters. The lowest BCUT2D eigenvalue weighted by molar-refractivity contribution is -0.130. The molecule has 1 N–H and O–H groups in total. The van der Waals surface area contributed by atoms with Gasteiger partial charge in [-0.3, -0.25) is 4.79 Å². The minimum Gasteiger partial charge on any atom is -0.449 e. The number of nitriles is 1. The first-order valence-corrected chi connectivity index (χ1v) is 7.69. The van der Waals surface area contributed by atoms with Crippen LogP contribution in [0.25, 0.3) is 11.0 Å². The molecule has 24 heavy (non-hydrogen) atoms. The van der Waals surface area contributed by atoms with E-state index >= 15 is 0 Å². The van der Waals surface area contributed by atoms with Crippen LogP contribution < -0.4 is 5.32 Å². The molecule has 0 bridgehead atoms. The van der Waals surface area contributed by atoms with Crippen molar-refractivity contribution in [1.82, 2.24) is 5.32 Å². The molecule has 0 aliphatic heterocycles. The number of nitrogens with zero attached hydrogens (tertiary/aromatic N) is 1. The summed E-state index contributed by atoms with van der Waals surface area (Å²) in [6, 6.07) is 10.8. The number of para-hydroxylation sites is 1. The number of carbonyl (C=O) groups is 2. The summed E-state index contributed by atoms with van der Waals surface area (Å²) in [6.07, 6.45) is -1.04. The highest BCUT2D eigenvalue weighted by Gasteiger charge is 2.33. The molecule has 1 heterocycles. The van der Waals surface area contributed by atoms with Gasteiger partial charge in [0.1, 0.15) is 11.1 Å². The number of hydrogen-bond donors (Lipinski definition) is 1. The van der Waals surface area contributed by atoms with Gasteiger partial charge in [-0.25, -0.2) is 4.79 Å². The summed E-state index contributed by atoms with van der Waals surface area (Å²) in [7, 11) is 0. The monoisotopic (exact) mass is 328 g/mol. The largest absolute Gasteiger partial charge is 0.449 e. The average Bonchev–Trinajstić information content (AvgIpc) is 2.98. The molecule has 0 spiro atoms. The van der Waals surface area contributed by atoms with Crippen LogP contribution in [0.3, 0.4) is 0 Å². The lowest BCUT2D eigenvalue weighted by Crippen LogP contribution is -2.52. The fourth-order valence-corrected chi connectivity index (χ4v) is 2.01. The molecule has 1 aromatic carbocycles. The maximum atomic E-state index is 12.2. The third-order valence-corrected chi connectivity index (χ3v) is 4.05. The van der Waals surface area contributed by atoms with Crippen LogP contribution in [0.15, 0.2) is 34.7 Å². The van der Waals surface area contributed by atoms with E-state index in [0.29, 0.717) is 5.58 Å². The molecular formula is C18H20N2O4. The minimum absolute atomic E-state index is 0.0303. The smallest absolute Gasteiger partial charge is 0.375 e. The SMILES string of the molecule is CC(C)[C@@](C)(C#N)NC(=O)[C@@H](C)OC(=O)c1cc2ccccc2o1. The van der Waals surface area contributed by atoms with E-state index in [1.807, 2.05) is 26.0 Å². The summed E-state index contributed by atoms with van der Waals surface area (Å²) in [4.78, 5) is 24.3. The van der Waals surface area contributed by atoms with Crippen molar-refractivity contribution in [2.75, 3.05) is 0 Å². The zero-order valence-electron chi connectivity index (χ0n) is 14.1. The first kappa shape index (κ1) is 17.5. The van der Waals surface area contributed by atoms with Crippen LogP contribution in [-0.4, -0.2) is 23.5 Å². The fourth-order valence-electron chi connectivity index (χ4n) is 2.01. The van der Waals surface area contributed by atoms with E-state index < -0.39 is 23.5 Å². The van der Waals surface area contributed by atoms with Gasteiger partial charge in [-0.2, -0.15) is 5.26 Å². The number of nitrogens with one attached hydrogen (secondary N) is 1. The topological polar surface area (TPSA) is 92.3 Å². The number of rotatable bonds is 5. The van der Waals surface area contributed by atoms with Gasteiger partial charge in [-0.15, -0.1) is 0 Å². The van der Waals surface area contributed by atoms with Crippen molar-refractivity contribution in [1.29, 1.82) is 5.26 Å². The summed E-state index contributed by atoms with van der Waals surface area (Å²) in [5, 5.41) is 12.6. The van der Waals surface area contributed by atoms with Crippen molar-refractivity contribution in [2.24, 2.45) is 5.92 Å². The maximum Gasteiger partial charge on any atom is 0.375 e. The van der Waals surface area contributed by atoms with E-state index in [0.717, 1.165) is 5.39 Å². The summed E-state index contributed by atoms with van der Waals surface area (Å²) < 4.78 is 10.6. The highest BCUT2D eigenvalue weighted by atomic mass is 16.6. The molecule has 1 amide bonds. The van der Waals surface area contributed by atoms with Gasteiger partial charge >= 0.3 is 5.97 Å². The first-order valence-electron chi connectivity index (χ1n) is 7.69. The van der Waals surface area contributed by atoms with Gasteiger partial charge in [0, 0.05) is 5.39 Å². The molecular weight excluding hydrogens is 308 g/mol. The zero-order chi connectivity index (χ0) is 17.9. The molecule has 1 aromatic heterocycles. The zero-order valence-corrected chi connectivity index (χ0v) is 14.1. The van der Waals surface area contributed by atoms with Crippen LogP contribution in [0.2, 0.25) is 0 Å². The number of benzene rings is 1. The van der Waals surface area contributed by atoms with Crippen molar-refractivity contribution in [3.8, 4) is 6.07 Å². The molecule has 2 aromatic rings. The van der Waals surface area contributed by atoms with Crippen LogP contribution in [0.4, 0.5) is 0 Å². The number of carbonyl (C=O) groups excluding carboxylic acids is 2. The Labute approximate surface area is 140 Å². The first-order chi connectivity index (χ1) is 11.3. The molecule has 2 rings (SSSR count). The second kappa shape index (κ2) is 6.75. The van der Waals surface area contributed by atoms with Crippen molar-refractivity contribution in [3.05, 3.63) is 36.1 Å². The molecule has 6 nitrogen and oxygen atoms in total. The quantitative estimate of drug-likeness (QED) is 0.852. The van der Waals surface area contributed by atoms with Crippen LogP contribution in [-0.2, 0) is 9.53 Å². The van der Waals surface area contributed by atoms with Crippen molar-refractivity contribution in [2.45, 2.75) is 39.3 Å². The van der Waals surface area contributed by atoms with Crippen molar-refractivity contribution in [3.63, 3.8) is 0 Å². The molecule has 0 aliphatic carbocycles. The van der Waals surface area contributed by atoms with Gasteiger partial charge in [-0.05, 0) is 31.9 Å². The summed E-state index contributed by atoms with van der Waals surface area (Å²) >= 11 is 0. The molecule has 0 aliphatic rings. The third-order valence-electron chi connectivity index (χ3n) is 4.05. The molecule has 2 atom stereocenters. The van der Waals surface area contributed by atoms with Gasteiger partial charge in [0.2, 0.25) is 5.76 Å². The minimum atomic E-state index is -1.04. The molecule has 0 saturated carbocycles. The van der Waals surface area contributed by atoms with Crippen LogP contribution in [0, 0.1) is 17.2 Å². The van der Waals surface area contributed by atoms with Gasteiger partial charge < -0.3 is 14.5 Å². The molecule has 126 valence electrons. The van der Waals surface area contributed by atoms with Gasteiger partial charge in [0.15, 0.2) is 6.10 Å². The van der Waals surface area contributed by atoms with E-state index in [-0.39, 0.29) is 11.7 Å². The average molecular weight is 328 g/mol. The molecule has 6 heteroatoms. The standard InChI is InChI=1S/C18H20N2O4/c1-11(2)18(4,10-19)20-16(21)12(3)23-17(22)15-9-13-7-5-6-8-14(13)24-15/h5-9,11-12H,1-4H3,(H,20,21)/t12-,18-/m1/s1. The number of amides is 1. The number of ether oxygens (including phenoxy) is 1. The van der Waals surface area contributed by atoms with E-state index in [1.165, 1.54) is 6.92 Å². The second-order valence-electron chi connectivity index (χ2n) is 6.15. The fraction of sp³-hybridized carbons (Fsp3) is 0.389. The number of fused-ring (bicyclic) bond motifs is 1. The van der Waals surface area contributed by atoms with Crippen LogP contribution in [0.1, 0.15) is 38.2 Å². The summed E-state index contributed by atoms with van der Waals surface area (Å²) in [5.41, 5.74) is -0.463. The molecule has 0 saturated heterocycles. The molecule has 0 radical (unpaired) electrons. The number of esters is 1. The third kappa shape index (κ3) is 3.57. The van der Waals surface area contributed by atoms with E-state index in [9.17, 15) is 14.9 Å². The second-order valence-corrected chi connectivity index (χ2v) is 6.15. The Hall–Kier alpha value is -2.81. The normalized spacial score (nSPS) is 14.7. The number of furan rings is 1.